The van der Waals surface area contributed by atoms with Gasteiger partial charge in [0.05, 0.1) is 16.2 Å². The molecular weight excluding hydrogens is 479 g/mol. The molecule has 1 heterocycles. The standard InChI is InChI=1S/C26H28F3NO4S/c27-26(28,29)21-6-4-5-18(15-21)9-10-19-13-14-30(25(19)32)24-12-11-22(31)16-20(24)17-35(33,34)23-7-2-1-3-8-23/h1-8,15,19-20,24H,9-14,16-17H2/t19-,20-,24?/m1/s1. The lowest BCUT2D eigenvalue weighted by Gasteiger charge is -2.37. The first-order valence-corrected chi connectivity index (χ1v) is 13.5. The molecule has 188 valence electrons. The van der Waals surface area contributed by atoms with Crippen molar-refractivity contribution in [2.24, 2.45) is 11.8 Å². The summed E-state index contributed by atoms with van der Waals surface area (Å²) in [5, 5.41) is 0. The van der Waals surface area contributed by atoms with Crippen molar-refractivity contribution in [3.05, 3.63) is 65.7 Å². The molecule has 1 amide bonds. The maximum atomic E-state index is 13.2. The van der Waals surface area contributed by atoms with Crippen LogP contribution in [0.4, 0.5) is 13.2 Å². The van der Waals surface area contributed by atoms with Gasteiger partial charge in [-0.25, -0.2) is 8.42 Å². The molecular formula is C26H28F3NO4S. The molecule has 35 heavy (non-hydrogen) atoms. The zero-order valence-corrected chi connectivity index (χ0v) is 20.0. The van der Waals surface area contributed by atoms with Crippen molar-refractivity contribution in [2.45, 2.75) is 55.6 Å². The van der Waals surface area contributed by atoms with Crippen LogP contribution in [-0.2, 0) is 32.0 Å². The van der Waals surface area contributed by atoms with Crippen molar-refractivity contribution in [2.75, 3.05) is 12.3 Å². The Morgan fingerprint density at radius 2 is 1.71 bits per heavy atom. The minimum Gasteiger partial charge on any atom is -0.339 e. The fraction of sp³-hybridized carbons (Fsp3) is 0.462. The Balaban J connectivity index is 1.43. The third kappa shape index (κ3) is 5.94. The van der Waals surface area contributed by atoms with E-state index in [9.17, 15) is 31.2 Å². The number of carbonyl (C=O) groups is 2. The van der Waals surface area contributed by atoms with Gasteiger partial charge in [-0.3, -0.25) is 9.59 Å². The van der Waals surface area contributed by atoms with Gasteiger partial charge in [-0.15, -0.1) is 0 Å². The second kappa shape index (κ2) is 10.1. The summed E-state index contributed by atoms with van der Waals surface area (Å²) in [4.78, 5) is 27.3. The molecule has 2 aromatic carbocycles. The molecule has 0 N–H and O–H groups in total. The van der Waals surface area contributed by atoms with E-state index in [1.54, 1.807) is 29.2 Å². The summed E-state index contributed by atoms with van der Waals surface area (Å²) in [5.41, 5.74) is -0.176. The normalized spacial score (nSPS) is 23.6. The Morgan fingerprint density at radius 3 is 2.43 bits per heavy atom. The Hall–Kier alpha value is -2.68. The number of carbonyl (C=O) groups excluding carboxylic acids is 2. The van der Waals surface area contributed by atoms with Gasteiger partial charge in [0.15, 0.2) is 9.84 Å². The van der Waals surface area contributed by atoms with Crippen LogP contribution < -0.4 is 0 Å². The van der Waals surface area contributed by atoms with Gasteiger partial charge in [-0.1, -0.05) is 36.4 Å². The van der Waals surface area contributed by atoms with E-state index in [4.69, 9.17) is 0 Å². The highest BCUT2D eigenvalue weighted by atomic mass is 32.2. The third-order valence-electron chi connectivity index (χ3n) is 7.08. The third-order valence-corrected chi connectivity index (χ3v) is 8.93. The van der Waals surface area contributed by atoms with E-state index < -0.39 is 27.5 Å². The lowest BCUT2D eigenvalue weighted by atomic mass is 9.84. The largest absolute Gasteiger partial charge is 0.416 e. The van der Waals surface area contributed by atoms with Crippen molar-refractivity contribution >= 4 is 21.5 Å². The maximum Gasteiger partial charge on any atom is 0.416 e. The number of halogens is 3. The maximum absolute atomic E-state index is 13.2. The predicted molar refractivity (Wildman–Crippen MR) is 124 cm³/mol. The SMILES string of the molecule is O=C1CCC(N2CC[C@@H](CCc3cccc(C(F)(F)F)c3)C2=O)[C@@H](CS(=O)(=O)c2ccccc2)C1. The molecule has 5 nitrogen and oxygen atoms in total. The molecule has 1 aliphatic heterocycles. The Morgan fingerprint density at radius 1 is 0.971 bits per heavy atom. The van der Waals surface area contributed by atoms with Crippen molar-refractivity contribution in [1.82, 2.24) is 4.90 Å². The number of ketones is 1. The topological polar surface area (TPSA) is 71.5 Å². The number of rotatable bonds is 7. The average molecular weight is 508 g/mol. The minimum atomic E-state index is -4.41. The molecule has 4 rings (SSSR count). The molecule has 9 heteroatoms. The van der Waals surface area contributed by atoms with Crippen LogP contribution in [-0.4, -0.2) is 43.3 Å². The van der Waals surface area contributed by atoms with Crippen molar-refractivity contribution in [1.29, 1.82) is 0 Å². The van der Waals surface area contributed by atoms with E-state index >= 15 is 0 Å². The zero-order chi connectivity index (χ0) is 25.2. The molecule has 2 aliphatic rings. The summed E-state index contributed by atoms with van der Waals surface area (Å²) in [5.74, 6) is -1.10. The molecule has 3 atom stereocenters. The van der Waals surface area contributed by atoms with Crippen molar-refractivity contribution in [3.8, 4) is 0 Å². The van der Waals surface area contributed by atoms with Crippen molar-refractivity contribution < 1.29 is 31.2 Å². The van der Waals surface area contributed by atoms with E-state index in [1.165, 1.54) is 18.2 Å². The molecule has 1 saturated carbocycles. The van der Waals surface area contributed by atoms with E-state index in [-0.39, 0.29) is 40.7 Å². The molecule has 0 aromatic heterocycles. The number of aryl methyl sites for hydroxylation is 1. The first-order valence-electron chi connectivity index (χ1n) is 11.8. The number of sulfone groups is 1. The first kappa shape index (κ1) is 25.4. The minimum absolute atomic E-state index is 0.00209. The van der Waals surface area contributed by atoms with E-state index in [1.807, 2.05) is 0 Å². The van der Waals surface area contributed by atoms with Gasteiger partial charge in [0.1, 0.15) is 5.78 Å². The lowest BCUT2D eigenvalue weighted by molar-refractivity contribution is -0.138. The highest BCUT2D eigenvalue weighted by molar-refractivity contribution is 7.91. The summed E-state index contributed by atoms with van der Waals surface area (Å²) in [7, 11) is -3.62. The molecule has 0 spiro atoms. The molecule has 2 aromatic rings. The molecule has 1 unspecified atom stereocenters. The fourth-order valence-corrected chi connectivity index (χ4v) is 6.93. The zero-order valence-electron chi connectivity index (χ0n) is 19.2. The highest BCUT2D eigenvalue weighted by Gasteiger charge is 2.42. The Labute approximate surface area is 203 Å². The van der Waals surface area contributed by atoms with Crippen LogP contribution >= 0.6 is 0 Å². The van der Waals surface area contributed by atoms with Gasteiger partial charge in [-0.05, 0) is 49.4 Å². The summed E-state index contributed by atoms with van der Waals surface area (Å²) in [6, 6.07) is 12.9. The quantitative estimate of drug-likeness (QED) is 0.545. The molecule has 0 radical (unpaired) electrons. The van der Waals surface area contributed by atoms with E-state index in [0.717, 1.165) is 12.1 Å². The highest BCUT2D eigenvalue weighted by Crippen LogP contribution is 2.35. The second-order valence-electron chi connectivity index (χ2n) is 9.46. The predicted octanol–water partition coefficient (Wildman–Crippen LogP) is 4.70. The first-order chi connectivity index (χ1) is 16.5. The Bertz CT molecular complexity index is 1180. The van der Waals surface area contributed by atoms with Crippen LogP contribution in [0.5, 0.6) is 0 Å². The van der Waals surface area contributed by atoms with E-state index in [0.29, 0.717) is 44.2 Å². The van der Waals surface area contributed by atoms with Crippen molar-refractivity contribution in [3.63, 3.8) is 0 Å². The summed E-state index contributed by atoms with van der Waals surface area (Å²) in [6.07, 6.45) is -2.21. The number of likely N-dealkylation sites (tertiary alicyclic amines) is 1. The monoisotopic (exact) mass is 507 g/mol. The molecule has 2 fully saturated rings. The fourth-order valence-electron chi connectivity index (χ4n) is 5.27. The van der Waals surface area contributed by atoms with Crippen LogP contribution in [0.1, 0.15) is 43.2 Å². The van der Waals surface area contributed by atoms with Crippen LogP contribution in [0.15, 0.2) is 59.5 Å². The number of hydrogen-bond donors (Lipinski definition) is 0. The number of hydrogen-bond acceptors (Lipinski definition) is 4. The van der Waals surface area contributed by atoms with Gasteiger partial charge in [0.2, 0.25) is 5.91 Å². The van der Waals surface area contributed by atoms with Gasteiger partial charge < -0.3 is 4.90 Å². The van der Waals surface area contributed by atoms with Gasteiger partial charge in [0.25, 0.3) is 0 Å². The summed E-state index contributed by atoms with van der Waals surface area (Å²) < 4.78 is 64.9. The van der Waals surface area contributed by atoms with Crippen LogP contribution in [0.3, 0.4) is 0 Å². The summed E-state index contributed by atoms with van der Waals surface area (Å²) in [6.45, 7) is 0.465. The molecule has 0 bridgehead atoms. The number of nitrogens with zero attached hydrogens (tertiary/aromatic N) is 1. The van der Waals surface area contributed by atoms with E-state index in [2.05, 4.69) is 0 Å². The number of Topliss-reactive ketones (excluding diaryl/α,β-unsaturated/α-hetero) is 1. The number of amides is 1. The molecule has 1 aliphatic carbocycles. The number of benzene rings is 2. The van der Waals surface area contributed by atoms with Gasteiger partial charge in [-0.2, -0.15) is 13.2 Å². The smallest absolute Gasteiger partial charge is 0.339 e. The lowest BCUT2D eigenvalue weighted by Crippen LogP contribution is -2.47. The summed E-state index contributed by atoms with van der Waals surface area (Å²) >= 11 is 0. The van der Waals surface area contributed by atoms with Crippen LogP contribution in [0, 0.1) is 11.8 Å². The van der Waals surface area contributed by atoms with Gasteiger partial charge in [0, 0.05) is 37.3 Å². The second-order valence-corrected chi connectivity index (χ2v) is 11.5. The average Bonchev–Trinajstić information content (AvgIpc) is 3.18. The van der Waals surface area contributed by atoms with Gasteiger partial charge >= 0.3 is 6.18 Å². The Kier molecular flexibility index (Phi) is 7.35. The number of alkyl halides is 3. The molecule has 1 saturated heterocycles. The van der Waals surface area contributed by atoms with Crippen LogP contribution in [0.2, 0.25) is 0 Å². The van der Waals surface area contributed by atoms with Crippen LogP contribution in [0.25, 0.3) is 0 Å².